The number of benzene rings is 1. The Bertz CT molecular complexity index is 882. The van der Waals surface area contributed by atoms with E-state index in [1.807, 2.05) is 0 Å². The summed E-state index contributed by atoms with van der Waals surface area (Å²) in [6, 6.07) is 9.56. The van der Waals surface area contributed by atoms with Crippen LogP contribution in [0.25, 0.3) is 0 Å². The van der Waals surface area contributed by atoms with Gasteiger partial charge in [-0.2, -0.15) is 0 Å². The fraction of sp³-hybridized carbons (Fsp3) is 0.593. The molecular weight excluding hydrogens is 412 g/mol. The highest BCUT2D eigenvalue weighted by Crippen LogP contribution is 2.29. The molecule has 1 aromatic carbocycles. The van der Waals surface area contributed by atoms with E-state index in [1.54, 1.807) is 18.6 Å². The second-order valence-electron chi connectivity index (χ2n) is 9.94. The van der Waals surface area contributed by atoms with E-state index in [2.05, 4.69) is 44.0 Å². The Morgan fingerprint density at radius 3 is 2.52 bits per heavy atom. The van der Waals surface area contributed by atoms with Gasteiger partial charge in [0.1, 0.15) is 0 Å². The zero-order chi connectivity index (χ0) is 22.5. The number of hydrogen-bond donors (Lipinski definition) is 0. The van der Waals surface area contributed by atoms with Crippen LogP contribution in [0.4, 0.5) is 0 Å². The number of fused-ring (bicyclic) bond motifs is 1. The molecule has 2 fully saturated rings. The predicted molar refractivity (Wildman–Crippen MR) is 128 cm³/mol. The summed E-state index contributed by atoms with van der Waals surface area (Å²) in [7, 11) is 0. The lowest BCUT2D eigenvalue weighted by Gasteiger charge is -2.38. The third-order valence-corrected chi connectivity index (χ3v) is 7.69. The van der Waals surface area contributed by atoms with Gasteiger partial charge in [-0.05, 0) is 75.1 Å². The maximum atomic E-state index is 13.2. The summed E-state index contributed by atoms with van der Waals surface area (Å²) >= 11 is 0. The SMILES string of the molecule is O=C(CCc1cnccn1)N(CC1CCN(C2Cc3ccccc3C2)CC1)C[C@@H]1CCCO1. The molecule has 176 valence electrons. The molecule has 5 rings (SSSR count). The Morgan fingerprint density at radius 2 is 1.85 bits per heavy atom. The lowest BCUT2D eigenvalue weighted by atomic mass is 9.94. The second kappa shape index (κ2) is 10.7. The molecule has 0 saturated carbocycles. The van der Waals surface area contributed by atoms with E-state index >= 15 is 0 Å². The fourth-order valence-corrected chi connectivity index (χ4v) is 5.77. The van der Waals surface area contributed by atoms with Crippen molar-refractivity contribution in [2.24, 2.45) is 5.92 Å². The first-order chi connectivity index (χ1) is 16.2. The molecule has 1 amide bonds. The highest BCUT2D eigenvalue weighted by molar-refractivity contribution is 5.76. The van der Waals surface area contributed by atoms with Gasteiger partial charge in [-0.25, -0.2) is 0 Å². The van der Waals surface area contributed by atoms with Crippen LogP contribution in [0, 0.1) is 5.92 Å². The van der Waals surface area contributed by atoms with Crippen LogP contribution in [-0.2, 0) is 28.8 Å². The first-order valence-electron chi connectivity index (χ1n) is 12.7. The Hall–Kier alpha value is -2.31. The number of carbonyl (C=O) groups is 1. The van der Waals surface area contributed by atoms with Crippen molar-refractivity contribution < 1.29 is 9.53 Å². The van der Waals surface area contributed by atoms with E-state index in [-0.39, 0.29) is 12.0 Å². The van der Waals surface area contributed by atoms with Gasteiger partial charge < -0.3 is 9.64 Å². The van der Waals surface area contributed by atoms with E-state index in [0.717, 1.165) is 51.3 Å². The summed E-state index contributed by atoms with van der Waals surface area (Å²) < 4.78 is 5.88. The molecule has 1 aliphatic carbocycles. The van der Waals surface area contributed by atoms with E-state index in [9.17, 15) is 4.79 Å². The van der Waals surface area contributed by atoms with Crippen molar-refractivity contribution in [3.05, 3.63) is 59.7 Å². The average Bonchev–Trinajstić information content (AvgIpc) is 3.53. The van der Waals surface area contributed by atoms with Crippen molar-refractivity contribution in [3.8, 4) is 0 Å². The van der Waals surface area contributed by atoms with Crippen molar-refractivity contribution in [2.45, 2.75) is 63.5 Å². The first-order valence-corrected chi connectivity index (χ1v) is 12.7. The van der Waals surface area contributed by atoms with Gasteiger partial charge in [0, 0.05) is 50.7 Å². The maximum absolute atomic E-state index is 13.2. The first kappa shape index (κ1) is 22.5. The van der Waals surface area contributed by atoms with E-state index in [1.165, 1.54) is 36.8 Å². The number of hydrogen-bond acceptors (Lipinski definition) is 5. The summed E-state index contributed by atoms with van der Waals surface area (Å²) in [5, 5.41) is 0. The van der Waals surface area contributed by atoms with Crippen molar-refractivity contribution in [3.63, 3.8) is 0 Å². The lowest BCUT2D eigenvalue weighted by molar-refractivity contribution is -0.133. The Kier molecular flexibility index (Phi) is 7.32. The van der Waals surface area contributed by atoms with E-state index in [4.69, 9.17) is 4.74 Å². The number of nitrogens with zero attached hydrogens (tertiary/aromatic N) is 4. The molecule has 33 heavy (non-hydrogen) atoms. The molecule has 0 radical (unpaired) electrons. The molecule has 1 aromatic heterocycles. The van der Waals surface area contributed by atoms with Crippen LogP contribution in [0.1, 0.15) is 48.9 Å². The third-order valence-electron chi connectivity index (χ3n) is 7.69. The van der Waals surface area contributed by atoms with Crippen molar-refractivity contribution in [1.29, 1.82) is 0 Å². The molecule has 2 saturated heterocycles. The second-order valence-corrected chi connectivity index (χ2v) is 9.94. The minimum atomic E-state index is 0.197. The smallest absolute Gasteiger partial charge is 0.223 e. The topological polar surface area (TPSA) is 58.6 Å². The minimum absolute atomic E-state index is 0.197. The molecule has 0 bridgehead atoms. The standard InChI is InChI=1S/C27H36N4O2/c32-27(8-7-24-18-28-11-12-29-24)31(20-26-6-3-15-33-26)19-21-9-13-30(14-10-21)25-16-22-4-1-2-5-23(22)17-25/h1-2,4-5,11-12,18,21,25-26H,3,6-10,13-17,19-20H2/t26-/m0/s1. The number of aryl methyl sites for hydroxylation is 1. The van der Waals surface area contributed by atoms with Gasteiger partial charge in [-0.15, -0.1) is 0 Å². The van der Waals surface area contributed by atoms with E-state index in [0.29, 0.717) is 24.8 Å². The van der Waals surface area contributed by atoms with Crippen LogP contribution in [0.5, 0.6) is 0 Å². The van der Waals surface area contributed by atoms with E-state index < -0.39 is 0 Å². The number of ether oxygens (including phenoxy) is 1. The molecular formula is C27H36N4O2. The molecule has 0 spiro atoms. The normalized spacial score (nSPS) is 21.9. The average molecular weight is 449 g/mol. The minimum Gasteiger partial charge on any atom is -0.376 e. The van der Waals surface area contributed by atoms with Crippen LogP contribution < -0.4 is 0 Å². The van der Waals surface area contributed by atoms with Gasteiger partial charge in [0.25, 0.3) is 0 Å². The molecule has 2 aliphatic heterocycles. The number of likely N-dealkylation sites (tertiary alicyclic amines) is 1. The monoisotopic (exact) mass is 448 g/mol. The Balaban J connectivity index is 1.14. The fourth-order valence-electron chi connectivity index (χ4n) is 5.77. The van der Waals surface area contributed by atoms with Gasteiger partial charge >= 0.3 is 0 Å². The summed E-state index contributed by atoms with van der Waals surface area (Å²) in [5.41, 5.74) is 3.94. The van der Waals surface area contributed by atoms with Crippen LogP contribution in [0.15, 0.2) is 42.9 Å². The number of carbonyl (C=O) groups excluding carboxylic acids is 1. The maximum Gasteiger partial charge on any atom is 0.223 e. The Labute approximate surface area is 197 Å². The van der Waals surface area contributed by atoms with Gasteiger partial charge in [0.15, 0.2) is 0 Å². The largest absolute Gasteiger partial charge is 0.376 e. The predicted octanol–water partition coefficient (Wildman–Crippen LogP) is 3.30. The lowest BCUT2D eigenvalue weighted by Crippen LogP contribution is -2.46. The highest BCUT2D eigenvalue weighted by atomic mass is 16.5. The number of aromatic nitrogens is 2. The molecule has 6 nitrogen and oxygen atoms in total. The molecule has 0 unspecified atom stereocenters. The zero-order valence-corrected chi connectivity index (χ0v) is 19.6. The van der Waals surface area contributed by atoms with Crippen molar-refractivity contribution in [1.82, 2.24) is 19.8 Å². The number of amides is 1. The summed E-state index contributed by atoms with van der Waals surface area (Å²) in [5.74, 6) is 0.803. The summed E-state index contributed by atoms with van der Waals surface area (Å²) in [4.78, 5) is 26.4. The van der Waals surface area contributed by atoms with Gasteiger partial charge in [-0.3, -0.25) is 19.7 Å². The molecule has 1 atom stereocenters. The van der Waals surface area contributed by atoms with Gasteiger partial charge in [-0.1, -0.05) is 24.3 Å². The Morgan fingerprint density at radius 1 is 1.06 bits per heavy atom. The van der Waals surface area contributed by atoms with Gasteiger partial charge in [0.05, 0.1) is 11.8 Å². The molecule has 2 aromatic rings. The molecule has 3 aliphatic rings. The zero-order valence-electron chi connectivity index (χ0n) is 19.6. The number of piperidine rings is 1. The molecule has 3 heterocycles. The van der Waals surface area contributed by atoms with Crippen molar-refractivity contribution in [2.75, 3.05) is 32.8 Å². The molecule has 6 heteroatoms. The van der Waals surface area contributed by atoms with Crippen LogP contribution in [-0.4, -0.2) is 70.6 Å². The number of rotatable bonds is 8. The summed E-state index contributed by atoms with van der Waals surface area (Å²) in [6.45, 7) is 4.71. The highest BCUT2D eigenvalue weighted by Gasteiger charge is 2.31. The van der Waals surface area contributed by atoms with Crippen LogP contribution >= 0.6 is 0 Å². The third kappa shape index (κ3) is 5.79. The summed E-state index contributed by atoms with van der Waals surface area (Å²) in [6.07, 6.45) is 13.4. The van der Waals surface area contributed by atoms with Crippen molar-refractivity contribution >= 4 is 5.91 Å². The quantitative estimate of drug-likeness (QED) is 0.620. The van der Waals surface area contributed by atoms with Crippen LogP contribution in [0.2, 0.25) is 0 Å². The van der Waals surface area contributed by atoms with Crippen LogP contribution in [0.3, 0.4) is 0 Å². The van der Waals surface area contributed by atoms with Gasteiger partial charge in [0.2, 0.25) is 5.91 Å². The molecule has 0 N–H and O–H groups in total.